The average molecular weight is 284 g/mol. The van der Waals surface area contributed by atoms with Crippen molar-refractivity contribution in [1.82, 2.24) is 0 Å². The molecule has 6 heteroatoms. The number of ether oxygens (including phenoxy) is 1. The van der Waals surface area contributed by atoms with E-state index in [1.54, 1.807) is 12.0 Å². The van der Waals surface area contributed by atoms with Gasteiger partial charge in [-0.2, -0.15) is 0 Å². The van der Waals surface area contributed by atoms with Gasteiger partial charge in [-0.3, -0.25) is 0 Å². The molecule has 0 heterocycles. The first kappa shape index (κ1) is 16.2. The van der Waals surface area contributed by atoms with Crippen LogP contribution >= 0.6 is 0 Å². The van der Waals surface area contributed by atoms with Crippen molar-refractivity contribution in [2.45, 2.75) is 13.8 Å². The van der Waals surface area contributed by atoms with Gasteiger partial charge in [0.25, 0.3) is 0 Å². The van der Waals surface area contributed by atoms with Gasteiger partial charge in [-0.15, -0.1) is 0 Å². The molecule has 0 unspecified atom stereocenters. The second-order valence-corrected chi connectivity index (χ2v) is 5.03. The van der Waals surface area contributed by atoms with E-state index in [1.807, 2.05) is 13.8 Å². The summed E-state index contributed by atoms with van der Waals surface area (Å²) in [7, 11) is 1.57. The smallest absolute Gasteiger partial charge is 0.337 e. The van der Waals surface area contributed by atoms with Gasteiger partial charge < -0.3 is 20.5 Å². The molecule has 1 aromatic rings. The van der Waals surface area contributed by atoms with Crippen molar-refractivity contribution in [3.8, 4) is 0 Å². The van der Waals surface area contributed by atoms with Crippen molar-refractivity contribution in [2.75, 3.05) is 37.4 Å². The third kappa shape index (κ3) is 4.09. The molecule has 0 bridgehead atoms. The molecule has 0 spiro atoms. The zero-order valence-corrected chi connectivity index (χ0v) is 12.0. The summed E-state index contributed by atoms with van der Waals surface area (Å²) in [5.41, 5.74) is 5.60. The molecule has 0 aliphatic carbocycles. The molecule has 1 rings (SSSR count). The Balaban J connectivity index is 3.17. The molecule has 0 radical (unpaired) electrons. The number of hydrogen-bond acceptors (Lipinski definition) is 4. The fourth-order valence-electron chi connectivity index (χ4n) is 1.96. The third-order valence-corrected chi connectivity index (χ3v) is 2.84. The van der Waals surface area contributed by atoms with Crippen LogP contribution in [0.1, 0.15) is 24.2 Å². The Bertz CT molecular complexity index is 478. The number of carboxylic acids is 1. The number of nitrogens with two attached hydrogens (primary N) is 1. The van der Waals surface area contributed by atoms with Crippen LogP contribution in [0, 0.1) is 11.7 Å². The predicted molar refractivity (Wildman–Crippen MR) is 76.7 cm³/mol. The fraction of sp³-hybridized carbons (Fsp3) is 0.500. The minimum atomic E-state index is -1.17. The lowest BCUT2D eigenvalue weighted by atomic mass is 10.1. The van der Waals surface area contributed by atoms with Crippen molar-refractivity contribution in [3.63, 3.8) is 0 Å². The molecule has 0 amide bonds. The highest BCUT2D eigenvalue weighted by molar-refractivity contribution is 5.95. The van der Waals surface area contributed by atoms with Crippen molar-refractivity contribution in [2.24, 2.45) is 5.92 Å². The maximum Gasteiger partial charge on any atom is 0.337 e. The summed E-state index contributed by atoms with van der Waals surface area (Å²) >= 11 is 0. The van der Waals surface area contributed by atoms with E-state index in [1.165, 1.54) is 6.07 Å². The van der Waals surface area contributed by atoms with Crippen LogP contribution in [0.15, 0.2) is 12.1 Å². The van der Waals surface area contributed by atoms with Gasteiger partial charge in [-0.05, 0) is 18.1 Å². The maximum absolute atomic E-state index is 14.1. The highest BCUT2D eigenvalue weighted by Gasteiger charge is 2.18. The largest absolute Gasteiger partial charge is 0.478 e. The van der Waals surface area contributed by atoms with Crippen molar-refractivity contribution < 1.29 is 19.0 Å². The molecule has 0 saturated carbocycles. The molecular weight excluding hydrogens is 263 g/mol. The van der Waals surface area contributed by atoms with E-state index in [9.17, 15) is 9.18 Å². The Morgan fingerprint density at radius 3 is 2.65 bits per heavy atom. The summed E-state index contributed by atoms with van der Waals surface area (Å²) in [5, 5.41) is 9.08. The number of hydrogen-bond donors (Lipinski definition) is 2. The van der Waals surface area contributed by atoms with Crippen molar-refractivity contribution in [1.29, 1.82) is 0 Å². The Morgan fingerprint density at radius 1 is 1.50 bits per heavy atom. The number of nitrogens with zero attached hydrogens (tertiary/aromatic N) is 1. The van der Waals surface area contributed by atoms with Gasteiger partial charge in [0.2, 0.25) is 0 Å². The minimum Gasteiger partial charge on any atom is -0.478 e. The molecule has 0 aliphatic heterocycles. The quantitative estimate of drug-likeness (QED) is 0.751. The Morgan fingerprint density at radius 2 is 2.15 bits per heavy atom. The number of aromatic carboxylic acids is 1. The van der Waals surface area contributed by atoms with Gasteiger partial charge in [0, 0.05) is 25.9 Å². The zero-order valence-electron chi connectivity index (χ0n) is 12.0. The van der Waals surface area contributed by atoms with Crippen LogP contribution in [0.25, 0.3) is 0 Å². The van der Waals surface area contributed by atoms with Gasteiger partial charge in [0.15, 0.2) is 0 Å². The van der Waals surface area contributed by atoms with Gasteiger partial charge in [-0.1, -0.05) is 13.8 Å². The van der Waals surface area contributed by atoms with Crippen LogP contribution in [0.2, 0.25) is 0 Å². The molecule has 5 nitrogen and oxygen atoms in total. The second kappa shape index (κ2) is 7.09. The van der Waals surface area contributed by atoms with E-state index >= 15 is 0 Å². The molecule has 20 heavy (non-hydrogen) atoms. The highest BCUT2D eigenvalue weighted by Crippen LogP contribution is 2.26. The lowest BCUT2D eigenvalue weighted by molar-refractivity contribution is 0.0698. The maximum atomic E-state index is 14.1. The SMILES string of the molecule is COCCN(CC(C)C)c1cc(C(=O)O)c(N)cc1F. The molecule has 1 aromatic carbocycles. The Kier molecular flexibility index (Phi) is 5.76. The molecule has 0 aromatic heterocycles. The predicted octanol–water partition coefficient (Wildman–Crippen LogP) is 2.21. The topological polar surface area (TPSA) is 75.8 Å². The molecular formula is C14H21FN2O3. The standard InChI is InChI=1S/C14H21FN2O3/c1-9(2)8-17(4-5-20-3)13-6-10(14(18)19)12(16)7-11(13)15/h6-7,9H,4-5,8,16H2,1-3H3,(H,18,19). The second-order valence-electron chi connectivity index (χ2n) is 5.03. The number of halogens is 1. The normalized spacial score (nSPS) is 10.8. The van der Waals surface area contributed by atoms with E-state index in [2.05, 4.69) is 0 Å². The summed E-state index contributed by atoms with van der Waals surface area (Å²) in [6.45, 7) is 5.52. The summed E-state index contributed by atoms with van der Waals surface area (Å²) in [5.74, 6) is -1.39. The van der Waals surface area contributed by atoms with Crippen molar-refractivity contribution >= 4 is 17.3 Å². The number of benzene rings is 1. The first-order chi connectivity index (χ1) is 9.36. The molecule has 0 aliphatic rings. The minimum absolute atomic E-state index is 0.0741. The number of methoxy groups -OCH3 is 1. The van der Waals surface area contributed by atoms with Crippen LogP contribution < -0.4 is 10.6 Å². The summed E-state index contributed by atoms with van der Waals surface area (Å²) in [6.07, 6.45) is 0. The highest BCUT2D eigenvalue weighted by atomic mass is 19.1. The lowest BCUT2D eigenvalue weighted by Gasteiger charge is -2.27. The number of anilines is 2. The van der Waals surface area contributed by atoms with Crippen molar-refractivity contribution in [3.05, 3.63) is 23.5 Å². The average Bonchev–Trinajstić information content (AvgIpc) is 2.34. The van der Waals surface area contributed by atoms with Crippen LogP contribution in [0.5, 0.6) is 0 Å². The van der Waals surface area contributed by atoms with E-state index in [4.69, 9.17) is 15.6 Å². The van der Waals surface area contributed by atoms with E-state index in [0.717, 1.165) is 6.07 Å². The van der Waals surface area contributed by atoms with Gasteiger partial charge >= 0.3 is 5.97 Å². The van der Waals surface area contributed by atoms with Crippen LogP contribution in [0.4, 0.5) is 15.8 Å². The Labute approximate surface area is 118 Å². The number of carbonyl (C=O) groups is 1. The fourth-order valence-corrected chi connectivity index (χ4v) is 1.96. The first-order valence-corrected chi connectivity index (χ1v) is 6.43. The third-order valence-electron chi connectivity index (χ3n) is 2.84. The molecule has 0 saturated heterocycles. The van der Waals surface area contributed by atoms with Gasteiger partial charge in [0.1, 0.15) is 5.82 Å². The number of rotatable bonds is 7. The van der Waals surface area contributed by atoms with Crippen LogP contribution in [0.3, 0.4) is 0 Å². The number of carboxylic acid groups (broad SMARTS) is 1. The lowest BCUT2D eigenvalue weighted by Crippen LogP contribution is -2.32. The molecule has 3 N–H and O–H groups in total. The van der Waals surface area contributed by atoms with Gasteiger partial charge in [0.05, 0.1) is 17.9 Å². The first-order valence-electron chi connectivity index (χ1n) is 6.43. The molecule has 112 valence electrons. The Hall–Kier alpha value is -1.82. The molecule has 0 fully saturated rings. The summed E-state index contributed by atoms with van der Waals surface area (Å²) in [4.78, 5) is 12.9. The van der Waals surface area contributed by atoms with Crippen LogP contribution in [-0.4, -0.2) is 37.9 Å². The van der Waals surface area contributed by atoms with E-state index in [-0.39, 0.29) is 16.9 Å². The summed E-state index contributed by atoms with van der Waals surface area (Å²) in [6, 6.07) is 2.34. The van der Waals surface area contributed by atoms with Crippen LogP contribution in [-0.2, 0) is 4.74 Å². The monoisotopic (exact) mass is 284 g/mol. The van der Waals surface area contributed by atoms with E-state index < -0.39 is 11.8 Å². The van der Waals surface area contributed by atoms with E-state index in [0.29, 0.717) is 25.6 Å². The zero-order chi connectivity index (χ0) is 15.3. The summed E-state index contributed by atoms with van der Waals surface area (Å²) < 4.78 is 19.1. The molecule has 0 atom stereocenters. The van der Waals surface area contributed by atoms with Gasteiger partial charge in [-0.25, -0.2) is 9.18 Å². The number of nitrogen functional groups attached to an aromatic ring is 1.